The second kappa shape index (κ2) is 5.46. The second-order valence-electron chi connectivity index (χ2n) is 4.59. The summed E-state index contributed by atoms with van der Waals surface area (Å²) in [5.74, 6) is 0.503. The van der Waals surface area contributed by atoms with E-state index in [9.17, 15) is 0 Å². The van der Waals surface area contributed by atoms with Crippen LogP contribution in [-0.2, 0) is 0 Å². The molecule has 0 saturated carbocycles. The molecular formula is C15H13BrClN3. The SMILES string of the molecule is NC1=NCC(c2cccc(Br)c2)N1c1ccccc1Cl. The van der Waals surface area contributed by atoms with Crippen LogP contribution in [0.3, 0.4) is 0 Å². The third-order valence-electron chi connectivity index (χ3n) is 3.33. The lowest BCUT2D eigenvalue weighted by molar-refractivity contribution is 0.768. The summed E-state index contributed by atoms with van der Waals surface area (Å²) in [4.78, 5) is 6.36. The van der Waals surface area contributed by atoms with E-state index in [4.69, 9.17) is 17.3 Å². The Labute approximate surface area is 131 Å². The van der Waals surface area contributed by atoms with Crippen molar-refractivity contribution in [3.63, 3.8) is 0 Å². The molecular weight excluding hydrogens is 338 g/mol. The fourth-order valence-electron chi connectivity index (χ4n) is 2.40. The van der Waals surface area contributed by atoms with Gasteiger partial charge in [-0.25, -0.2) is 0 Å². The monoisotopic (exact) mass is 349 g/mol. The number of guanidine groups is 1. The van der Waals surface area contributed by atoms with E-state index < -0.39 is 0 Å². The van der Waals surface area contributed by atoms with Gasteiger partial charge in [0, 0.05) is 4.47 Å². The second-order valence-corrected chi connectivity index (χ2v) is 5.91. The van der Waals surface area contributed by atoms with E-state index in [1.807, 2.05) is 41.3 Å². The Bertz CT molecular complexity index is 672. The number of anilines is 1. The van der Waals surface area contributed by atoms with Crippen molar-refractivity contribution in [3.8, 4) is 0 Å². The molecule has 3 rings (SSSR count). The number of para-hydroxylation sites is 1. The molecule has 0 aliphatic carbocycles. The molecule has 0 fully saturated rings. The van der Waals surface area contributed by atoms with Crippen LogP contribution in [0.1, 0.15) is 11.6 Å². The van der Waals surface area contributed by atoms with E-state index >= 15 is 0 Å². The van der Waals surface area contributed by atoms with E-state index in [0.717, 1.165) is 15.7 Å². The summed E-state index contributed by atoms with van der Waals surface area (Å²) in [7, 11) is 0. The first-order chi connectivity index (χ1) is 9.66. The Morgan fingerprint density at radius 1 is 1.20 bits per heavy atom. The van der Waals surface area contributed by atoms with Gasteiger partial charge in [0.25, 0.3) is 0 Å². The van der Waals surface area contributed by atoms with Crippen LogP contribution in [0.2, 0.25) is 5.02 Å². The topological polar surface area (TPSA) is 41.6 Å². The minimum Gasteiger partial charge on any atom is -0.369 e. The average Bonchev–Trinajstić information content (AvgIpc) is 2.81. The van der Waals surface area contributed by atoms with Gasteiger partial charge in [0.15, 0.2) is 5.96 Å². The standard InChI is InChI=1S/C15H13BrClN3/c16-11-5-3-4-10(8-11)14-9-19-15(18)20(14)13-7-2-1-6-12(13)17/h1-8,14H,9H2,(H2,18,19). The van der Waals surface area contributed by atoms with Crippen LogP contribution < -0.4 is 10.6 Å². The molecule has 2 N–H and O–H groups in total. The minimum absolute atomic E-state index is 0.0763. The highest BCUT2D eigenvalue weighted by molar-refractivity contribution is 9.10. The molecule has 0 spiro atoms. The Kier molecular flexibility index (Phi) is 3.68. The zero-order valence-electron chi connectivity index (χ0n) is 10.6. The lowest BCUT2D eigenvalue weighted by Crippen LogP contribution is -2.36. The lowest BCUT2D eigenvalue weighted by Gasteiger charge is -2.27. The van der Waals surface area contributed by atoms with E-state index in [1.165, 1.54) is 0 Å². The molecule has 1 atom stereocenters. The molecule has 102 valence electrons. The molecule has 1 aliphatic heterocycles. The highest BCUT2D eigenvalue weighted by Gasteiger charge is 2.30. The minimum atomic E-state index is 0.0763. The van der Waals surface area contributed by atoms with Crippen LogP contribution in [0.5, 0.6) is 0 Å². The van der Waals surface area contributed by atoms with Gasteiger partial charge in [-0.1, -0.05) is 51.8 Å². The molecule has 1 heterocycles. The van der Waals surface area contributed by atoms with Crippen LogP contribution in [-0.4, -0.2) is 12.5 Å². The maximum atomic E-state index is 6.29. The molecule has 20 heavy (non-hydrogen) atoms. The predicted octanol–water partition coefficient (Wildman–Crippen LogP) is 3.98. The summed E-state index contributed by atoms with van der Waals surface area (Å²) in [6.45, 7) is 0.632. The summed E-state index contributed by atoms with van der Waals surface area (Å²) in [6, 6.07) is 15.9. The number of halogens is 2. The highest BCUT2D eigenvalue weighted by Crippen LogP contribution is 2.35. The smallest absolute Gasteiger partial charge is 0.196 e. The Hall–Kier alpha value is -1.52. The molecule has 1 unspecified atom stereocenters. The van der Waals surface area contributed by atoms with Gasteiger partial charge < -0.3 is 10.6 Å². The fourth-order valence-corrected chi connectivity index (χ4v) is 3.05. The molecule has 2 aromatic rings. The average molecular weight is 351 g/mol. The number of aliphatic imine (C=N–C) groups is 1. The largest absolute Gasteiger partial charge is 0.369 e. The van der Waals surface area contributed by atoms with Crippen molar-refractivity contribution < 1.29 is 0 Å². The number of hydrogen-bond donors (Lipinski definition) is 1. The first-order valence-electron chi connectivity index (χ1n) is 6.26. The van der Waals surface area contributed by atoms with Crippen LogP contribution in [0.4, 0.5) is 5.69 Å². The van der Waals surface area contributed by atoms with Crippen molar-refractivity contribution in [1.82, 2.24) is 0 Å². The summed E-state index contributed by atoms with van der Waals surface area (Å²) < 4.78 is 1.04. The zero-order valence-corrected chi connectivity index (χ0v) is 13.0. The number of benzene rings is 2. The molecule has 0 aromatic heterocycles. The van der Waals surface area contributed by atoms with Gasteiger partial charge in [0.05, 0.1) is 23.3 Å². The Morgan fingerprint density at radius 3 is 2.75 bits per heavy atom. The van der Waals surface area contributed by atoms with Crippen LogP contribution in [0, 0.1) is 0 Å². The summed E-state index contributed by atoms with van der Waals surface area (Å²) in [6.07, 6.45) is 0. The maximum absolute atomic E-state index is 6.29. The maximum Gasteiger partial charge on any atom is 0.196 e. The van der Waals surface area contributed by atoms with Gasteiger partial charge in [0.2, 0.25) is 0 Å². The highest BCUT2D eigenvalue weighted by atomic mass is 79.9. The van der Waals surface area contributed by atoms with Gasteiger partial charge in [-0.3, -0.25) is 4.99 Å². The van der Waals surface area contributed by atoms with Crippen molar-refractivity contribution in [2.24, 2.45) is 10.7 Å². The van der Waals surface area contributed by atoms with E-state index in [0.29, 0.717) is 17.5 Å². The number of rotatable bonds is 2. The molecule has 0 saturated heterocycles. The van der Waals surface area contributed by atoms with Crippen molar-refractivity contribution in [2.75, 3.05) is 11.4 Å². The number of nitrogens with zero attached hydrogens (tertiary/aromatic N) is 2. The van der Waals surface area contributed by atoms with Crippen LogP contribution in [0.15, 0.2) is 58.0 Å². The summed E-state index contributed by atoms with van der Waals surface area (Å²) in [5.41, 5.74) is 8.09. The molecule has 5 heteroatoms. The Balaban J connectivity index is 2.03. The van der Waals surface area contributed by atoms with Crippen molar-refractivity contribution in [3.05, 3.63) is 63.6 Å². The number of nitrogens with two attached hydrogens (primary N) is 1. The summed E-state index contributed by atoms with van der Waals surface area (Å²) in [5, 5.41) is 0.674. The van der Waals surface area contributed by atoms with Gasteiger partial charge in [-0.2, -0.15) is 0 Å². The molecule has 2 aromatic carbocycles. The van der Waals surface area contributed by atoms with Gasteiger partial charge in [-0.05, 0) is 29.8 Å². The molecule has 0 radical (unpaired) electrons. The van der Waals surface area contributed by atoms with E-state index in [-0.39, 0.29) is 6.04 Å². The zero-order chi connectivity index (χ0) is 14.1. The predicted molar refractivity (Wildman–Crippen MR) is 87.3 cm³/mol. The first-order valence-corrected chi connectivity index (χ1v) is 7.43. The third kappa shape index (κ3) is 2.41. The normalized spacial score (nSPS) is 18.2. The fraction of sp³-hybridized carbons (Fsp3) is 0.133. The van der Waals surface area contributed by atoms with Crippen molar-refractivity contribution >= 4 is 39.2 Å². The molecule has 1 aliphatic rings. The first kappa shape index (κ1) is 13.5. The molecule has 3 nitrogen and oxygen atoms in total. The van der Waals surface area contributed by atoms with E-state index in [1.54, 1.807) is 0 Å². The Morgan fingerprint density at radius 2 is 2.00 bits per heavy atom. The summed E-state index contributed by atoms with van der Waals surface area (Å²) >= 11 is 9.79. The third-order valence-corrected chi connectivity index (χ3v) is 4.14. The number of hydrogen-bond acceptors (Lipinski definition) is 3. The van der Waals surface area contributed by atoms with Crippen LogP contribution >= 0.6 is 27.5 Å². The quantitative estimate of drug-likeness (QED) is 0.890. The molecule has 0 bridgehead atoms. The van der Waals surface area contributed by atoms with Crippen molar-refractivity contribution in [1.29, 1.82) is 0 Å². The van der Waals surface area contributed by atoms with Gasteiger partial charge in [0.1, 0.15) is 0 Å². The lowest BCUT2D eigenvalue weighted by atomic mass is 10.1. The van der Waals surface area contributed by atoms with E-state index in [2.05, 4.69) is 33.1 Å². The molecule has 0 amide bonds. The van der Waals surface area contributed by atoms with Crippen molar-refractivity contribution in [2.45, 2.75) is 6.04 Å². The van der Waals surface area contributed by atoms with Gasteiger partial charge in [-0.15, -0.1) is 0 Å². The van der Waals surface area contributed by atoms with Crippen LogP contribution in [0.25, 0.3) is 0 Å². The van der Waals surface area contributed by atoms with Gasteiger partial charge >= 0.3 is 0 Å².